The maximum atomic E-state index is 11.8. The molecule has 0 amide bonds. The van der Waals surface area contributed by atoms with E-state index >= 15 is 0 Å². The first-order chi connectivity index (χ1) is 11.1. The Hall–Kier alpha value is -1.47. The van der Waals surface area contributed by atoms with E-state index in [1.54, 1.807) is 4.90 Å². The quantitative estimate of drug-likeness (QED) is 0.724. The number of carbonyl (C=O) groups excluding carboxylic acids is 1. The summed E-state index contributed by atoms with van der Waals surface area (Å²) in [5, 5.41) is 0. The number of ether oxygens (including phenoxy) is 4. The molecule has 6 heteroatoms. The number of hydrogen-bond donors (Lipinski definition) is 0. The van der Waals surface area contributed by atoms with E-state index in [0.717, 1.165) is 5.56 Å². The molecule has 4 atom stereocenters. The molecule has 126 valence electrons. The fourth-order valence-corrected chi connectivity index (χ4v) is 2.91. The molecule has 2 saturated heterocycles. The summed E-state index contributed by atoms with van der Waals surface area (Å²) in [7, 11) is 3.66. The van der Waals surface area contributed by atoms with Crippen LogP contribution < -0.4 is 0 Å². The lowest BCUT2D eigenvalue weighted by Crippen LogP contribution is -2.36. The maximum absolute atomic E-state index is 11.8. The molecule has 0 spiro atoms. The fraction of sp³-hybridized carbons (Fsp3) is 0.588. The van der Waals surface area contributed by atoms with Crippen LogP contribution in [-0.2, 0) is 30.3 Å². The highest BCUT2D eigenvalue weighted by atomic mass is 16.7. The molecule has 3 rings (SSSR count). The summed E-state index contributed by atoms with van der Waals surface area (Å²) >= 11 is 0. The summed E-state index contributed by atoms with van der Waals surface area (Å²) < 4.78 is 22.9. The highest BCUT2D eigenvalue weighted by Gasteiger charge is 2.50. The van der Waals surface area contributed by atoms with Crippen molar-refractivity contribution < 1.29 is 23.7 Å². The summed E-state index contributed by atoms with van der Waals surface area (Å²) in [6.07, 6.45) is -0.881. The van der Waals surface area contributed by atoms with Gasteiger partial charge in [0, 0.05) is 0 Å². The van der Waals surface area contributed by atoms with Crippen LogP contribution in [0.1, 0.15) is 5.56 Å². The van der Waals surface area contributed by atoms with Gasteiger partial charge >= 0.3 is 5.97 Å². The average Bonchev–Trinajstić information content (AvgIpc) is 3.09. The van der Waals surface area contributed by atoms with E-state index in [1.807, 2.05) is 44.4 Å². The van der Waals surface area contributed by atoms with Crippen molar-refractivity contribution in [1.82, 2.24) is 4.90 Å². The van der Waals surface area contributed by atoms with Gasteiger partial charge in [0.1, 0.15) is 18.3 Å². The predicted molar refractivity (Wildman–Crippen MR) is 82.9 cm³/mol. The predicted octanol–water partition coefficient (Wildman–Crippen LogP) is 0.843. The van der Waals surface area contributed by atoms with Crippen LogP contribution >= 0.6 is 0 Å². The summed E-state index contributed by atoms with van der Waals surface area (Å²) in [5.41, 5.74) is 1.11. The van der Waals surface area contributed by atoms with Crippen LogP contribution in [0, 0.1) is 0 Å². The second kappa shape index (κ2) is 7.40. The Balaban J connectivity index is 1.50. The van der Waals surface area contributed by atoms with E-state index in [-0.39, 0.29) is 36.9 Å². The Morgan fingerprint density at radius 2 is 1.78 bits per heavy atom. The molecule has 2 fully saturated rings. The third-order valence-electron chi connectivity index (χ3n) is 4.00. The minimum atomic E-state index is -0.349. The number of likely N-dealkylation sites (N-methyl/N-ethyl adjacent to an activating group) is 1. The molecule has 6 nitrogen and oxygen atoms in total. The third kappa shape index (κ3) is 4.09. The Kier molecular flexibility index (Phi) is 5.27. The van der Waals surface area contributed by atoms with Crippen molar-refractivity contribution in [1.29, 1.82) is 0 Å². The van der Waals surface area contributed by atoms with Crippen molar-refractivity contribution in [3.63, 3.8) is 0 Å². The summed E-state index contributed by atoms with van der Waals surface area (Å²) in [6.45, 7) is 1.60. The van der Waals surface area contributed by atoms with Crippen molar-refractivity contribution in [2.24, 2.45) is 0 Å². The van der Waals surface area contributed by atoms with Gasteiger partial charge in [0.25, 0.3) is 0 Å². The van der Waals surface area contributed by atoms with Crippen LogP contribution in [0.3, 0.4) is 0 Å². The molecule has 2 heterocycles. The van der Waals surface area contributed by atoms with E-state index in [9.17, 15) is 4.79 Å². The van der Waals surface area contributed by atoms with Gasteiger partial charge in [-0.1, -0.05) is 30.3 Å². The number of esters is 1. The van der Waals surface area contributed by atoms with Gasteiger partial charge in [0.05, 0.1) is 26.4 Å². The van der Waals surface area contributed by atoms with Crippen molar-refractivity contribution in [2.45, 2.75) is 31.0 Å². The van der Waals surface area contributed by atoms with Gasteiger partial charge in [-0.25, -0.2) is 0 Å². The Morgan fingerprint density at radius 3 is 2.48 bits per heavy atom. The minimum Gasteiger partial charge on any atom is -0.456 e. The lowest BCUT2D eigenvalue weighted by Gasteiger charge is -2.18. The van der Waals surface area contributed by atoms with Crippen molar-refractivity contribution in [3.05, 3.63) is 35.9 Å². The van der Waals surface area contributed by atoms with Crippen molar-refractivity contribution in [3.8, 4) is 0 Å². The van der Waals surface area contributed by atoms with E-state index in [4.69, 9.17) is 18.9 Å². The topological polar surface area (TPSA) is 57.2 Å². The second-order valence-corrected chi connectivity index (χ2v) is 6.20. The molecule has 0 radical (unpaired) electrons. The summed E-state index contributed by atoms with van der Waals surface area (Å²) in [5.74, 6) is -0.262. The molecule has 0 aliphatic carbocycles. The lowest BCUT2D eigenvalue weighted by atomic mass is 10.1. The van der Waals surface area contributed by atoms with Gasteiger partial charge in [-0.15, -0.1) is 0 Å². The number of fused-ring (bicyclic) bond motifs is 1. The van der Waals surface area contributed by atoms with Gasteiger partial charge in [-0.2, -0.15) is 0 Å². The molecule has 0 bridgehead atoms. The summed E-state index contributed by atoms with van der Waals surface area (Å²) in [6, 6.07) is 9.99. The zero-order valence-electron chi connectivity index (χ0n) is 13.5. The van der Waals surface area contributed by atoms with Gasteiger partial charge in [0.15, 0.2) is 6.10 Å². The number of hydrogen-bond acceptors (Lipinski definition) is 6. The lowest BCUT2D eigenvalue weighted by molar-refractivity contribution is -0.154. The highest BCUT2D eigenvalue weighted by Crippen LogP contribution is 2.31. The molecule has 0 aromatic heterocycles. The van der Waals surface area contributed by atoms with Gasteiger partial charge < -0.3 is 18.9 Å². The van der Waals surface area contributed by atoms with Crippen LogP contribution in [0.25, 0.3) is 0 Å². The van der Waals surface area contributed by atoms with E-state index in [2.05, 4.69) is 0 Å². The first kappa shape index (κ1) is 16.4. The molecular formula is C17H23NO5. The van der Waals surface area contributed by atoms with E-state index in [1.165, 1.54) is 0 Å². The molecular weight excluding hydrogens is 298 g/mol. The molecule has 1 aromatic carbocycles. The van der Waals surface area contributed by atoms with Crippen LogP contribution in [0.2, 0.25) is 0 Å². The molecule has 2 aliphatic heterocycles. The van der Waals surface area contributed by atoms with Gasteiger partial charge in [-0.3, -0.25) is 9.69 Å². The largest absolute Gasteiger partial charge is 0.456 e. The van der Waals surface area contributed by atoms with E-state index in [0.29, 0.717) is 19.8 Å². The van der Waals surface area contributed by atoms with Crippen LogP contribution in [0.15, 0.2) is 30.3 Å². The van der Waals surface area contributed by atoms with Crippen LogP contribution in [-0.4, -0.2) is 69.1 Å². The molecule has 2 aliphatic rings. The number of benzene rings is 1. The molecule has 0 N–H and O–H groups in total. The van der Waals surface area contributed by atoms with Gasteiger partial charge in [-0.05, 0) is 19.7 Å². The zero-order chi connectivity index (χ0) is 16.2. The number of rotatable bonds is 6. The third-order valence-corrected chi connectivity index (χ3v) is 4.00. The molecule has 0 unspecified atom stereocenters. The van der Waals surface area contributed by atoms with Crippen molar-refractivity contribution in [2.75, 3.05) is 33.9 Å². The molecule has 23 heavy (non-hydrogen) atoms. The minimum absolute atomic E-state index is 0.127. The SMILES string of the molecule is CN(C)CC(=O)O[C@@H]1CO[C@H]2[C@@H]1OC[C@@H]2OCc1ccccc1. The fourth-order valence-electron chi connectivity index (χ4n) is 2.91. The van der Waals surface area contributed by atoms with Gasteiger partial charge in [0.2, 0.25) is 0 Å². The van der Waals surface area contributed by atoms with E-state index < -0.39 is 0 Å². The average molecular weight is 321 g/mol. The van der Waals surface area contributed by atoms with Crippen LogP contribution in [0.4, 0.5) is 0 Å². The first-order valence-electron chi connectivity index (χ1n) is 7.86. The smallest absolute Gasteiger partial charge is 0.320 e. The number of carbonyl (C=O) groups is 1. The summed E-state index contributed by atoms with van der Waals surface area (Å²) in [4.78, 5) is 13.6. The monoisotopic (exact) mass is 321 g/mol. The Labute approximate surface area is 136 Å². The highest BCUT2D eigenvalue weighted by molar-refractivity contribution is 5.71. The second-order valence-electron chi connectivity index (χ2n) is 6.20. The number of nitrogens with zero attached hydrogens (tertiary/aromatic N) is 1. The molecule has 0 saturated carbocycles. The van der Waals surface area contributed by atoms with Crippen molar-refractivity contribution >= 4 is 5.97 Å². The maximum Gasteiger partial charge on any atom is 0.320 e. The normalized spacial score (nSPS) is 29.7. The standard InChI is InChI=1S/C17H23NO5/c1-18(2)8-15(19)23-14-11-22-16-13(10-21-17(14)16)20-9-12-6-4-3-5-7-12/h3-7,13-14,16-17H,8-11H2,1-2H3/t13-,14+,16+,17+/m0/s1. The zero-order valence-corrected chi connectivity index (χ0v) is 13.5. The Bertz CT molecular complexity index is 521. The Morgan fingerprint density at radius 1 is 1.13 bits per heavy atom. The molecule has 1 aromatic rings. The van der Waals surface area contributed by atoms with Crippen LogP contribution in [0.5, 0.6) is 0 Å². The first-order valence-corrected chi connectivity index (χ1v) is 7.86.